The van der Waals surface area contributed by atoms with Crippen LogP contribution in [-0.4, -0.2) is 34.3 Å². The van der Waals surface area contributed by atoms with Gasteiger partial charge in [0.25, 0.3) is 0 Å². The van der Waals surface area contributed by atoms with Gasteiger partial charge in [-0.15, -0.1) is 0 Å². The number of carbonyl (C=O) groups is 1. The number of carbonyl (C=O) groups excluding carboxylic acids is 1. The van der Waals surface area contributed by atoms with Crippen molar-refractivity contribution in [2.24, 2.45) is 0 Å². The molecule has 0 radical (unpaired) electrons. The molecule has 0 bridgehead atoms. The van der Waals surface area contributed by atoms with Gasteiger partial charge < -0.3 is 10.5 Å². The van der Waals surface area contributed by atoms with E-state index >= 15 is 0 Å². The number of nitrogens with zero attached hydrogens (tertiary/aromatic N) is 3. The van der Waals surface area contributed by atoms with Crippen LogP contribution in [0.25, 0.3) is 0 Å². The lowest BCUT2D eigenvalue weighted by Crippen LogP contribution is -2.16. The summed E-state index contributed by atoms with van der Waals surface area (Å²) in [5.41, 5.74) is 6.49. The second-order valence-electron chi connectivity index (χ2n) is 3.83. The SMILES string of the molecule is COCCn1ncc(Cl)c1C(=O)c1ncccc1N. The first-order valence-corrected chi connectivity index (χ1v) is 5.98. The van der Waals surface area contributed by atoms with Gasteiger partial charge in [-0.3, -0.25) is 14.5 Å². The Morgan fingerprint density at radius 2 is 2.37 bits per heavy atom. The summed E-state index contributed by atoms with van der Waals surface area (Å²) in [6.07, 6.45) is 2.93. The number of pyridine rings is 1. The van der Waals surface area contributed by atoms with Crippen LogP contribution in [0.15, 0.2) is 24.5 Å². The van der Waals surface area contributed by atoms with Crippen LogP contribution in [0.4, 0.5) is 5.69 Å². The third kappa shape index (κ3) is 2.74. The van der Waals surface area contributed by atoms with Crippen LogP contribution in [0.5, 0.6) is 0 Å². The molecule has 2 heterocycles. The summed E-state index contributed by atoms with van der Waals surface area (Å²) >= 11 is 6.01. The van der Waals surface area contributed by atoms with Crippen LogP contribution in [-0.2, 0) is 11.3 Å². The van der Waals surface area contributed by atoms with Crippen molar-refractivity contribution in [3.8, 4) is 0 Å². The van der Waals surface area contributed by atoms with E-state index in [1.807, 2.05) is 0 Å². The van der Waals surface area contributed by atoms with Gasteiger partial charge in [0.05, 0.1) is 30.1 Å². The van der Waals surface area contributed by atoms with Crippen LogP contribution in [0, 0.1) is 0 Å². The first kappa shape index (κ1) is 13.5. The molecule has 0 saturated heterocycles. The van der Waals surface area contributed by atoms with Crippen molar-refractivity contribution >= 4 is 23.1 Å². The van der Waals surface area contributed by atoms with Gasteiger partial charge in [-0.25, -0.2) is 0 Å². The van der Waals surface area contributed by atoms with Gasteiger partial charge >= 0.3 is 0 Å². The molecule has 2 rings (SSSR count). The molecule has 0 amide bonds. The Bertz CT molecular complexity index is 597. The molecule has 0 aliphatic carbocycles. The summed E-state index contributed by atoms with van der Waals surface area (Å²) in [5, 5.41) is 4.31. The maximum Gasteiger partial charge on any atom is 0.232 e. The van der Waals surface area contributed by atoms with Crippen molar-refractivity contribution in [1.82, 2.24) is 14.8 Å². The molecule has 0 aliphatic heterocycles. The zero-order valence-electron chi connectivity index (χ0n) is 10.3. The number of nitrogens with two attached hydrogens (primary N) is 1. The van der Waals surface area contributed by atoms with Gasteiger partial charge in [0.2, 0.25) is 5.78 Å². The largest absolute Gasteiger partial charge is 0.397 e. The Morgan fingerprint density at radius 1 is 1.58 bits per heavy atom. The Morgan fingerprint density at radius 3 is 3.05 bits per heavy atom. The van der Waals surface area contributed by atoms with E-state index in [1.54, 1.807) is 19.2 Å². The average molecular weight is 281 g/mol. The first-order chi connectivity index (χ1) is 9.15. The molecule has 0 aromatic carbocycles. The lowest BCUT2D eigenvalue weighted by atomic mass is 10.1. The maximum atomic E-state index is 12.4. The summed E-state index contributed by atoms with van der Waals surface area (Å²) in [6, 6.07) is 3.28. The number of rotatable bonds is 5. The summed E-state index contributed by atoms with van der Waals surface area (Å²) in [7, 11) is 1.57. The van der Waals surface area contributed by atoms with E-state index < -0.39 is 0 Å². The summed E-state index contributed by atoms with van der Waals surface area (Å²) in [6.45, 7) is 0.854. The number of methoxy groups -OCH3 is 1. The van der Waals surface area contributed by atoms with Gasteiger partial charge in [-0.1, -0.05) is 11.6 Å². The van der Waals surface area contributed by atoms with Crippen LogP contribution in [0.1, 0.15) is 16.2 Å². The number of anilines is 1. The molecule has 0 spiro atoms. The van der Waals surface area contributed by atoms with Gasteiger partial charge in [0, 0.05) is 13.3 Å². The number of ether oxygens (including phenoxy) is 1. The molecule has 0 atom stereocenters. The number of halogens is 1. The molecule has 2 aromatic heterocycles. The highest BCUT2D eigenvalue weighted by Gasteiger charge is 2.21. The Labute approximate surface area is 115 Å². The van der Waals surface area contributed by atoms with Gasteiger partial charge in [-0.05, 0) is 12.1 Å². The van der Waals surface area contributed by atoms with E-state index in [2.05, 4.69) is 10.1 Å². The number of hydrogen-bond donors (Lipinski definition) is 1. The van der Waals surface area contributed by atoms with Crippen molar-refractivity contribution in [3.63, 3.8) is 0 Å². The second-order valence-corrected chi connectivity index (χ2v) is 4.23. The van der Waals surface area contributed by atoms with E-state index in [9.17, 15) is 4.79 Å². The summed E-state index contributed by atoms with van der Waals surface area (Å²) in [4.78, 5) is 16.4. The van der Waals surface area contributed by atoms with E-state index in [1.165, 1.54) is 17.1 Å². The molecule has 0 unspecified atom stereocenters. The molecule has 100 valence electrons. The average Bonchev–Trinajstić information content (AvgIpc) is 2.77. The van der Waals surface area contributed by atoms with Crippen LogP contribution in [0.3, 0.4) is 0 Å². The predicted molar refractivity (Wildman–Crippen MR) is 71.2 cm³/mol. The smallest absolute Gasteiger partial charge is 0.232 e. The number of nitrogen functional groups attached to an aromatic ring is 1. The fraction of sp³-hybridized carbons (Fsp3) is 0.250. The lowest BCUT2D eigenvalue weighted by Gasteiger charge is -2.07. The minimum atomic E-state index is -0.350. The first-order valence-electron chi connectivity index (χ1n) is 5.60. The van der Waals surface area contributed by atoms with Crippen molar-refractivity contribution in [3.05, 3.63) is 40.9 Å². The van der Waals surface area contributed by atoms with Crippen LogP contribution in [0.2, 0.25) is 5.02 Å². The molecule has 2 aromatic rings. The van der Waals surface area contributed by atoms with E-state index in [0.29, 0.717) is 18.8 Å². The van der Waals surface area contributed by atoms with Gasteiger partial charge in [-0.2, -0.15) is 5.10 Å². The third-order valence-corrected chi connectivity index (χ3v) is 2.85. The molecule has 19 heavy (non-hydrogen) atoms. The predicted octanol–water partition coefficient (Wildman–Crippen LogP) is 1.39. The molecular weight excluding hydrogens is 268 g/mol. The van der Waals surface area contributed by atoms with Crippen molar-refractivity contribution < 1.29 is 9.53 Å². The normalized spacial score (nSPS) is 10.6. The van der Waals surface area contributed by atoms with Crippen molar-refractivity contribution in [2.45, 2.75) is 6.54 Å². The number of ketones is 1. The zero-order valence-corrected chi connectivity index (χ0v) is 11.1. The molecule has 0 fully saturated rings. The topological polar surface area (TPSA) is 83.0 Å². The highest BCUT2D eigenvalue weighted by molar-refractivity contribution is 6.34. The standard InChI is InChI=1S/C12H13ClN4O2/c1-19-6-5-17-11(8(13)7-16-17)12(18)10-9(14)3-2-4-15-10/h2-4,7H,5-6,14H2,1H3. The molecular formula is C12H13ClN4O2. The minimum absolute atomic E-state index is 0.170. The minimum Gasteiger partial charge on any atom is -0.397 e. The molecule has 0 aliphatic rings. The van der Waals surface area contributed by atoms with Gasteiger partial charge in [0.15, 0.2) is 0 Å². The highest BCUT2D eigenvalue weighted by Crippen LogP contribution is 2.20. The summed E-state index contributed by atoms with van der Waals surface area (Å²) in [5.74, 6) is -0.350. The Hall–Kier alpha value is -1.92. The summed E-state index contributed by atoms with van der Waals surface area (Å²) < 4.78 is 6.45. The quantitative estimate of drug-likeness (QED) is 0.837. The molecule has 7 heteroatoms. The van der Waals surface area contributed by atoms with Crippen molar-refractivity contribution in [2.75, 3.05) is 19.5 Å². The fourth-order valence-corrected chi connectivity index (χ4v) is 1.88. The number of hydrogen-bond acceptors (Lipinski definition) is 5. The molecule has 6 nitrogen and oxygen atoms in total. The third-order valence-electron chi connectivity index (χ3n) is 2.57. The van der Waals surface area contributed by atoms with E-state index in [-0.39, 0.29) is 22.2 Å². The van der Waals surface area contributed by atoms with Gasteiger partial charge in [0.1, 0.15) is 11.4 Å². The van der Waals surface area contributed by atoms with Crippen LogP contribution >= 0.6 is 11.6 Å². The van der Waals surface area contributed by atoms with E-state index in [0.717, 1.165) is 0 Å². The Kier molecular flexibility index (Phi) is 4.13. The number of aromatic nitrogens is 3. The maximum absolute atomic E-state index is 12.4. The highest BCUT2D eigenvalue weighted by atomic mass is 35.5. The molecule has 0 saturated carbocycles. The molecule has 2 N–H and O–H groups in total. The Balaban J connectivity index is 2.39. The van der Waals surface area contributed by atoms with Crippen LogP contribution < -0.4 is 5.73 Å². The fourth-order valence-electron chi connectivity index (χ4n) is 1.66. The zero-order chi connectivity index (χ0) is 13.8. The second kappa shape index (κ2) is 5.81. The van der Waals surface area contributed by atoms with Crippen molar-refractivity contribution in [1.29, 1.82) is 0 Å². The van der Waals surface area contributed by atoms with E-state index in [4.69, 9.17) is 22.1 Å². The monoisotopic (exact) mass is 280 g/mol. The lowest BCUT2D eigenvalue weighted by molar-refractivity contribution is 0.102.